The summed E-state index contributed by atoms with van der Waals surface area (Å²) >= 11 is 6.00. The summed E-state index contributed by atoms with van der Waals surface area (Å²) in [6.07, 6.45) is 8.14. The number of rotatable bonds is 13. The number of nitrogens with zero attached hydrogens (tertiary/aromatic N) is 2. The Bertz CT molecular complexity index is 1030. The van der Waals surface area contributed by atoms with Crippen molar-refractivity contribution in [2.24, 2.45) is 0 Å². The Morgan fingerprint density at radius 1 is 0.912 bits per heavy atom. The Morgan fingerprint density at radius 3 is 2.00 bits per heavy atom. The van der Waals surface area contributed by atoms with Gasteiger partial charge in [-0.2, -0.15) is 0 Å². The molecule has 0 fully saturated rings. The van der Waals surface area contributed by atoms with Crippen LogP contribution < -0.4 is 4.74 Å². The van der Waals surface area contributed by atoms with E-state index in [0.717, 1.165) is 56.9 Å². The van der Waals surface area contributed by atoms with Crippen molar-refractivity contribution in [2.75, 3.05) is 13.2 Å². The van der Waals surface area contributed by atoms with Gasteiger partial charge in [0.05, 0.1) is 28.2 Å². The number of carbonyl (C=O) groups excluding carboxylic acids is 2. The van der Waals surface area contributed by atoms with Crippen LogP contribution in [0.3, 0.4) is 0 Å². The van der Waals surface area contributed by atoms with Crippen molar-refractivity contribution < 1.29 is 19.2 Å². The molecule has 0 aromatic heterocycles. The van der Waals surface area contributed by atoms with Crippen molar-refractivity contribution in [1.82, 2.24) is 4.90 Å². The van der Waals surface area contributed by atoms with Gasteiger partial charge in [-0.1, -0.05) is 62.3 Å². The summed E-state index contributed by atoms with van der Waals surface area (Å²) in [7, 11) is 0. The summed E-state index contributed by atoms with van der Waals surface area (Å²) in [5.41, 5.74) is 2.20. The lowest BCUT2D eigenvalue weighted by Crippen LogP contribution is -2.30. The Kier molecular flexibility index (Phi) is 9.05. The highest BCUT2D eigenvalue weighted by atomic mass is 35.5. The Morgan fingerprint density at radius 2 is 1.44 bits per heavy atom. The summed E-state index contributed by atoms with van der Waals surface area (Å²) in [5.74, 6) is 0.192. The molecule has 0 bridgehead atoms. The van der Waals surface area contributed by atoms with E-state index in [1.165, 1.54) is 4.90 Å². The summed E-state index contributed by atoms with van der Waals surface area (Å²) in [6.45, 7) is 4.50. The van der Waals surface area contributed by atoms with Crippen molar-refractivity contribution in [3.05, 3.63) is 67.7 Å². The molecule has 34 heavy (non-hydrogen) atoms. The highest BCUT2D eigenvalue weighted by Crippen LogP contribution is 2.37. The molecule has 182 valence electrons. The SMILES string of the molecule is Cc1cc(Cl)c([N+](=O)[O-])c(C)c1OCCCCCCCCCCN1C(=O)c2ccccc2C1=O. The molecule has 2 aromatic carbocycles. The van der Waals surface area contributed by atoms with E-state index in [9.17, 15) is 19.7 Å². The van der Waals surface area contributed by atoms with Crippen molar-refractivity contribution in [1.29, 1.82) is 0 Å². The molecule has 0 aliphatic carbocycles. The molecule has 0 unspecified atom stereocenters. The molecule has 1 aliphatic heterocycles. The first kappa shape index (κ1) is 25.7. The molecule has 2 amide bonds. The van der Waals surface area contributed by atoms with E-state index in [-0.39, 0.29) is 22.5 Å². The van der Waals surface area contributed by atoms with E-state index in [0.29, 0.717) is 35.6 Å². The van der Waals surface area contributed by atoms with E-state index in [1.807, 2.05) is 6.92 Å². The maximum Gasteiger partial charge on any atom is 0.294 e. The minimum atomic E-state index is -0.468. The van der Waals surface area contributed by atoms with Crippen LogP contribution in [-0.2, 0) is 0 Å². The molecular formula is C26H31ClN2O5. The van der Waals surface area contributed by atoms with Crippen molar-refractivity contribution >= 4 is 29.1 Å². The average molecular weight is 487 g/mol. The summed E-state index contributed by atoms with van der Waals surface area (Å²) in [6, 6.07) is 8.57. The van der Waals surface area contributed by atoms with Crippen LogP contribution in [0, 0.1) is 24.0 Å². The number of aryl methyl sites for hydroxylation is 1. The van der Waals surface area contributed by atoms with Crippen LogP contribution in [0.5, 0.6) is 5.75 Å². The van der Waals surface area contributed by atoms with Gasteiger partial charge in [0.1, 0.15) is 10.8 Å². The number of unbranched alkanes of at least 4 members (excludes halogenated alkanes) is 7. The van der Waals surface area contributed by atoms with E-state index in [1.54, 1.807) is 37.3 Å². The lowest BCUT2D eigenvalue weighted by atomic mass is 10.1. The van der Waals surface area contributed by atoms with E-state index in [4.69, 9.17) is 16.3 Å². The van der Waals surface area contributed by atoms with Gasteiger partial charge < -0.3 is 4.74 Å². The maximum absolute atomic E-state index is 12.3. The molecule has 2 aromatic rings. The summed E-state index contributed by atoms with van der Waals surface area (Å²) in [4.78, 5) is 36.8. The molecule has 0 spiro atoms. The monoisotopic (exact) mass is 486 g/mol. The zero-order valence-electron chi connectivity index (χ0n) is 19.8. The number of nitro groups is 1. The second-order valence-corrected chi connectivity index (χ2v) is 9.13. The second-order valence-electron chi connectivity index (χ2n) is 8.72. The van der Waals surface area contributed by atoms with Crippen LogP contribution in [0.2, 0.25) is 5.02 Å². The molecule has 0 saturated heterocycles. The first-order valence-corrected chi connectivity index (χ1v) is 12.2. The summed E-state index contributed by atoms with van der Waals surface area (Å²) < 4.78 is 5.84. The van der Waals surface area contributed by atoms with E-state index < -0.39 is 4.92 Å². The quantitative estimate of drug-likeness (QED) is 0.137. The van der Waals surface area contributed by atoms with Crippen LogP contribution in [0.15, 0.2) is 30.3 Å². The molecular weight excluding hydrogens is 456 g/mol. The third kappa shape index (κ3) is 5.95. The standard InChI is InChI=1S/C26H31ClN2O5/c1-18-17-22(27)23(29(32)33)19(2)24(18)34-16-12-8-6-4-3-5-7-11-15-28-25(30)20-13-9-10-14-21(20)26(28)31/h9-10,13-14,17H,3-8,11-12,15-16H2,1-2H3. The normalized spacial score (nSPS) is 12.9. The van der Waals surface area contributed by atoms with Gasteiger partial charge in [-0.3, -0.25) is 24.6 Å². The number of benzene rings is 2. The first-order valence-electron chi connectivity index (χ1n) is 11.8. The number of halogens is 1. The first-order chi connectivity index (χ1) is 16.3. The molecule has 1 heterocycles. The minimum absolute atomic E-state index is 0.0923. The number of carbonyl (C=O) groups is 2. The van der Waals surface area contributed by atoms with Gasteiger partial charge >= 0.3 is 0 Å². The maximum atomic E-state index is 12.3. The van der Waals surface area contributed by atoms with Crippen LogP contribution in [0.25, 0.3) is 0 Å². The molecule has 0 radical (unpaired) electrons. The van der Waals surface area contributed by atoms with Gasteiger partial charge in [0.15, 0.2) is 0 Å². The molecule has 0 saturated carbocycles. The van der Waals surface area contributed by atoms with Crippen molar-refractivity contribution in [3.63, 3.8) is 0 Å². The van der Waals surface area contributed by atoms with Gasteiger partial charge in [-0.25, -0.2) is 0 Å². The van der Waals surface area contributed by atoms with Crippen LogP contribution >= 0.6 is 11.6 Å². The fourth-order valence-corrected chi connectivity index (χ4v) is 4.78. The Balaban J connectivity index is 1.26. The Hall–Kier alpha value is -2.93. The highest BCUT2D eigenvalue weighted by molar-refractivity contribution is 6.33. The third-order valence-electron chi connectivity index (χ3n) is 6.21. The third-order valence-corrected chi connectivity index (χ3v) is 6.49. The Labute approximate surface area is 205 Å². The average Bonchev–Trinajstić information content (AvgIpc) is 3.03. The zero-order valence-corrected chi connectivity index (χ0v) is 20.5. The fourth-order valence-electron chi connectivity index (χ4n) is 4.40. The predicted molar refractivity (Wildman–Crippen MR) is 132 cm³/mol. The van der Waals surface area contributed by atoms with Crippen LogP contribution in [-0.4, -0.2) is 34.8 Å². The smallest absolute Gasteiger partial charge is 0.294 e. The number of hydrogen-bond acceptors (Lipinski definition) is 5. The fraction of sp³-hybridized carbons (Fsp3) is 0.462. The second kappa shape index (κ2) is 12.0. The van der Waals surface area contributed by atoms with Gasteiger partial charge in [-0.05, 0) is 50.5 Å². The molecule has 7 nitrogen and oxygen atoms in total. The number of fused-ring (bicyclic) bond motifs is 1. The molecule has 1 aliphatic rings. The van der Waals surface area contributed by atoms with Gasteiger partial charge in [0.2, 0.25) is 0 Å². The molecule has 3 rings (SSSR count). The van der Waals surface area contributed by atoms with Crippen molar-refractivity contribution in [3.8, 4) is 5.75 Å². The van der Waals surface area contributed by atoms with Gasteiger partial charge in [-0.15, -0.1) is 0 Å². The minimum Gasteiger partial charge on any atom is -0.493 e. The van der Waals surface area contributed by atoms with Crippen LogP contribution in [0.1, 0.15) is 83.2 Å². The number of hydrogen-bond donors (Lipinski definition) is 0. The summed E-state index contributed by atoms with van der Waals surface area (Å²) in [5, 5.41) is 11.4. The number of ether oxygens (including phenoxy) is 1. The number of amides is 2. The topological polar surface area (TPSA) is 89.8 Å². The lowest BCUT2D eigenvalue weighted by molar-refractivity contribution is -0.385. The largest absolute Gasteiger partial charge is 0.493 e. The predicted octanol–water partition coefficient (Wildman–Crippen LogP) is 6.66. The van der Waals surface area contributed by atoms with Gasteiger partial charge in [0, 0.05) is 6.54 Å². The number of imide groups is 1. The van der Waals surface area contributed by atoms with Crippen LogP contribution in [0.4, 0.5) is 5.69 Å². The lowest BCUT2D eigenvalue weighted by Gasteiger charge is -2.13. The zero-order chi connectivity index (χ0) is 24.7. The number of nitro benzene ring substituents is 1. The highest BCUT2D eigenvalue weighted by Gasteiger charge is 2.34. The van der Waals surface area contributed by atoms with Crippen molar-refractivity contribution in [2.45, 2.75) is 65.2 Å². The van der Waals surface area contributed by atoms with E-state index >= 15 is 0 Å². The molecule has 0 N–H and O–H groups in total. The molecule has 0 atom stereocenters. The van der Waals surface area contributed by atoms with E-state index in [2.05, 4.69) is 0 Å². The molecule has 8 heteroatoms. The van der Waals surface area contributed by atoms with Gasteiger partial charge in [0.25, 0.3) is 17.5 Å².